The number of aromatic nitrogens is 2. The number of amides is 1. The van der Waals surface area contributed by atoms with Crippen molar-refractivity contribution in [1.82, 2.24) is 9.78 Å². The molecule has 0 radical (unpaired) electrons. The molecule has 2 rings (SSSR count). The molecule has 1 amide bonds. The summed E-state index contributed by atoms with van der Waals surface area (Å²) in [7, 11) is 1.77. The molecule has 1 N–H and O–H groups in total. The van der Waals surface area contributed by atoms with Crippen LogP contribution in [0.3, 0.4) is 0 Å². The summed E-state index contributed by atoms with van der Waals surface area (Å²) in [6.45, 7) is 0. The van der Waals surface area contributed by atoms with Gasteiger partial charge < -0.3 is 5.32 Å². The van der Waals surface area contributed by atoms with Gasteiger partial charge in [0.1, 0.15) is 11.7 Å². The second-order valence-electron chi connectivity index (χ2n) is 3.59. The minimum Gasteiger partial charge on any atom is -0.310 e. The van der Waals surface area contributed by atoms with Crippen molar-refractivity contribution in [3.8, 4) is 11.3 Å². The Balaban J connectivity index is 2.28. The molecule has 0 spiro atoms. The summed E-state index contributed by atoms with van der Waals surface area (Å²) in [5.74, 6) is 0.329. The van der Waals surface area contributed by atoms with Crippen molar-refractivity contribution in [3.05, 3.63) is 36.4 Å². The Hall–Kier alpha value is -1.81. The maximum atomic E-state index is 11.2. The van der Waals surface area contributed by atoms with Gasteiger partial charge in [0, 0.05) is 18.7 Å². The molecule has 0 aliphatic heterocycles. The molecule has 0 fully saturated rings. The predicted molar refractivity (Wildman–Crippen MR) is 68.0 cm³/mol. The highest BCUT2D eigenvalue weighted by Crippen LogP contribution is 2.20. The van der Waals surface area contributed by atoms with Gasteiger partial charge in [-0.15, -0.1) is 11.6 Å². The summed E-state index contributed by atoms with van der Waals surface area (Å²) < 4.78 is 1.62. The fourth-order valence-electron chi connectivity index (χ4n) is 1.51. The largest absolute Gasteiger partial charge is 0.310 e. The lowest BCUT2D eigenvalue weighted by molar-refractivity contribution is -0.114. The van der Waals surface area contributed by atoms with Gasteiger partial charge in [0.25, 0.3) is 0 Å². The second kappa shape index (κ2) is 5.01. The van der Waals surface area contributed by atoms with E-state index < -0.39 is 0 Å². The number of halogens is 1. The van der Waals surface area contributed by atoms with Crippen LogP contribution in [0, 0.1) is 0 Å². The highest BCUT2D eigenvalue weighted by atomic mass is 35.5. The summed E-state index contributed by atoms with van der Waals surface area (Å²) in [6, 6.07) is 11.6. The van der Waals surface area contributed by atoms with Crippen molar-refractivity contribution in [2.45, 2.75) is 0 Å². The minimum absolute atomic E-state index is 0.0636. The normalized spacial score (nSPS) is 10.2. The highest BCUT2D eigenvalue weighted by molar-refractivity contribution is 6.29. The molecular weight excluding hydrogens is 238 g/mol. The molecule has 4 nitrogen and oxygen atoms in total. The SMILES string of the molecule is Cn1nc(-c2ccccc2)cc1NC(=O)CCl. The molecule has 0 atom stereocenters. The Bertz CT molecular complexity index is 522. The van der Waals surface area contributed by atoms with E-state index in [1.165, 1.54) is 0 Å². The molecular formula is C12H12ClN3O. The average Bonchev–Trinajstić information content (AvgIpc) is 2.72. The first-order valence-corrected chi connectivity index (χ1v) is 5.69. The van der Waals surface area contributed by atoms with Crippen LogP contribution in [0.15, 0.2) is 36.4 Å². The lowest BCUT2D eigenvalue weighted by atomic mass is 10.2. The molecule has 0 unspecified atom stereocenters. The zero-order chi connectivity index (χ0) is 12.3. The number of benzene rings is 1. The van der Waals surface area contributed by atoms with E-state index in [9.17, 15) is 4.79 Å². The number of anilines is 1. The predicted octanol–water partition coefficient (Wildman–Crippen LogP) is 2.26. The topological polar surface area (TPSA) is 46.9 Å². The summed E-state index contributed by atoms with van der Waals surface area (Å²) in [4.78, 5) is 11.2. The van der Waals surface area contributed by atoms with E-state index in [0.717, 1.165) is 11.3 Å². The number of aryl methyl sites for hydroxylation is 1. The van der Waals surface area contributed by atoms with Crippen LogP contribution in [-0.4, -0.2) is 21.6 Å². The van der Waals surface area contributed by atoms with Gasteiger partial charge in [0.15, 0.2) is 0 Å². The first-order chi connectivity index (χ1) is 8.20. The third-order valence-corrected chi connectivity index (χ3v) is 2.58. The number of alkyl halides is 1. The van der Waals surface area contributed by atoms with Crippen LogP contribution in [-0.2, 0) is 11.8 Å². The van der Waals surface area contributed by atoms with Crippen molar-refractivity contribution < 1.29 is 4.79 Å². The lowest BCUT2D eigenvalue weighted by Gasteiger charge is -2.00. The Morgan fingerprint density at radius 3 is 2.76 bits per heavy atom. The molecule has 88 valence electrons. The number of nitrogens with zero attached hydrogens (tertiary/aromatic N) is 2. The van der Waals surface area contributed by atoms with Crippen LogP contribution >= 0.6 is 11.6 Å². The van der Waals surface area contributed by atoms with Crippen LogP contribution in [0.4, 0.5) is 5.82 Å². The van der Waals surface area contributed by atoms with Crippen LogP contribution in [0.25, 0.3) is 11.3 Å². The monoisotopic (exact) mass is 249 g/mol. The second-order valence-corrected chi connectivity index (χ2v) is 3.85. The van der Waals surface area contributed by atoms with Crippen molar-refractivity contribution in [3.63, 3.8) is 0 Å². The van der Waals surface area contributed by atoms with Crippen molar-refractivity contribution >= 4 is 23.3 Å². The fraction of sp³-hybridized carbons (Fsp3) is 0.167. The van der Waals surface area contributed by atoms with Crippen molar-refractivity contribution in [2.75, 3.05) is 11.2 Å². The van der Waals surface area contributed by atoms with E-state index >= 15 is 0 Å². The minimum atomic E-state index is -0.241. The molecule has 0 aliphatic carbocycles. The Morgan fingerprint density at radius 1 is 1.41 bits per heavy atom. The smallest absolute Gasteiger partial charge is 0.240 e. The Labute approximate surface area is 104 Å². The van der Waals surface area contributed by atoms with Gasteiger partial charge in [-0.3, -0.25) is 9.48 Å². The van der Waals surface area contributed by atoms with Crippen molar-refractivity contribution in [1.29, 1.82) is 0 Å². The summed E-state index contributed by atoms with van der Waals surface area (Å²) in [5, 5.41) is 7.01. The Morgan fingerprint density at radius 2 is 2.12 bits per heavy atom. The molecule has 5 heteroatoms. The summed E-state index contributed by atoms with van der Waals surface area (Å²) in [5.41, 5.74) is 1.83. The molecule has 0 aliphatic rings. The van der Waals surface area contributed by atoms with Gasteiger partial charge >= 0.3 is 0 Å². The molecule has 0 saturated carbocycles. The zero-order valence-electron chi connectivity index (χ0n) is 9.35. The molecule has 1 aromatic carbocycles. The molecule has 1 heterocycles. The maximum Gasteiger partial charge on any atom is 0.240 e. The van der Waals surface area contributed by atoms with E-state index in [1.54, 1.807) is 11.7 Å². The Kier molecular flexibility index (Phi) is 3.44. The summed E-state index contributed by atoms with van der Waals surface area (Å²) in [6.07, 6.45) is 0. The average molecular weight is 250 g/mol. The number of carbonyl (C=O) groups is 1. The van der Waals surface area contributed by atoms with Gasteiger partial charge in [0.05, 0.1) is 5.69 Å². The van der Waals surface area contributed by atoms with Crippen LogP contribution in [0.1, 0.15) is 0 Å². The van der Waals surface area contributed by atoms with Gasteiger partial charge in [-0.2, -0.15) is 5.10 Å². The number of hydrogen-bond acceptors (Lipinski definition) is 2. The van der Waals surface area contributed by atoms with Crippen LogP contribution in [0.5, 0.6) is 0 Å². The number of carbonyl (C=O) groups excluding carboxylic acids is 1. The van der Waals surface area contributed by atoms with Crippen LogP contribution < -0.4 is 5.32 Å². The standard InChI is InChI=1S/C12H12ClN3O/c1-16-11(14-12(17)8-13)7-10(15-16)9-5-3-2-4-6-9/h2-7H,8H2,1H3,(H,14,17). The lowest BCUT2D eigenvalue weighted by Crippen LogP contribution is -2.15. The first-order valence-electron chi connectivity index (χ1n) is 5.16. The molecule has 0 bridgehead atoms. The molecule has 1 aromatic heterocycles. The van der Waals surface area contributed by atoms with E-state index in [2.05, 4.69) is 10.4 Å². The zero-order valence-corrected chi connectivity index (χ0v) is 10.1. The van der Waals surface area contributed by atoms with Crippen LogP contribution in [0.2, 0.25) is 0 Å². The van der Waals surface area contributed by atoms with E-state index in [4.69, 9.17) is 11.6 Å². The van der Waals surface area contributed by atoms with Gasteiger partial charge in [-0.05, 0) is 0 Å². The van der Waals surface area contributed by atoms with Crippen molar-refractivity contribution in [2.24, 2.45) is 7.05 Å². The molecule has 0 saturated heterocycles. The molecule has 2 aromatic rings. The number of hydrogen-bond donors (Lipinski definition) is 1. The fourth-order valence-corrected chi connectivity index (χ4v) is 1.58. The van der Waals surface area contributed by atoms with E-state index in [1.807, 2.05) is 36.4 Å². The van der Waals surface area contributed by atoms with E-state index in [-0.39, 0.29) is 11.8 Å². The molecule has 17 heavy (non-hydrogen) atoms. The highest BCUT2D eigenvalue weighted by Gasteiger charge is 2.08. The van der Waals surface area contributed by atoms with Gasteiger partial charge in [0.2, 0.25) is 5.91 Å². The van der Waals surface area contributed by atoms with E-state index in [0.29, 0.717) is 5.82 Å². The first kappa shape index (κ1) is 11.7. The number of rotatable bonds is 3. The summed E-state index contributed by atoms with van der Waals surface area (Å²) >= 11 is 5.44. The third kappa shape index (κ3) is 2.65. The van der Waals surface area contributed by atoms with Gasteiger partial charge in [-0.1, -0.05) is 30.3 Å². The van der Waals surface area contributed by atoms with Gasteiger partial charge in [-0.25, -0.2) is 0 Å². The quantitative estimate of drug-likeness (QED) is 0.849. The maximum absolute atomic E-state index is 11.2. The number of nitrogens with one attached hydrogen (secondary N) is 1. The third-order valence-electron chi connectivity index (χ3n) is 2.34.